The lowest BCUT2D eigenvalue weighted by Crippen LogP contribution is -2.36. The number of rotatable bonds is 10. The van der Waals surface area contributed by atoms with E-state index in [-0.39, 0.29) is 0 Å². The Morgan fingerprint density at radius 2 is 2.10 bits per heavy atom. The molecule has 3 N–H and O–H groups in total. The first kappa shape index (κ1) is 18.2. The minimum absolute atomic E-state index is 0.293. The van der Waals surface area contributed by atoms with E-state index >= 15 is 0 Å². The molecule has 1 aromatic heterocycles. The fourth-order valence-corrected chi connectivity index (χ4v) is 2.95. The summed E-state index contributed by atoms with van der Waals surface area (Å²) in [5.74, 6) is 0. The molecule has 1 heterocycles. The number of nitrogens with zero attached hydrogens (tertiary/aromatic N) is 1. The minimum atomic E-state index is -3.43. The number of hydrogen-bond acceptors (Lipinski definition) is 4. The molecule has 1 unspecified atom stereocenters. The van der Waals surface area contributed by atoms with Gasteiger partial charge in [-0.15, -0.1) is 0 Å². The highest BCUT2D eigenvalue weighted by molar-refractivity contribution is 7.89. The summed E-state index contributed by atoms with van der Waals surface area (Å²) in [6, 6.07) is 2.12. The van der Waals surface area contributed by atoms with Gasteiger partial charge in [0.05, 0.1) is 4.90 Å². The van der Waals surface area contributed by atoms with E-state index in [2.05, 4.69) is 33.8 Å². The molecule has 1 atom stereocenters. The van der Waals surface area contributed by atoms with Crippen molar-refractivity contribution in [2.24, 2.45) is 0 Å². The number of aromatic nitrogens is 1. The van der Waals surface area contributed by atoms with E-state index in [1.54, 1.807) is 6.07 Å². The Labute approximate surface area is 128 Å². The Hall–Kier alpha value is -0.890. The van der Waals surface area contributed by atoms with Crippen molar-refractivity contribution in [3.05, 3.63) is 18.0 Å². The van der Waals surface area contributed by atoms with Gasteiger partial charge in [-0.2, -0.15) is 0 Å². The van der Waals surface area contributed by atoms with Crippen LogP contribution < -0.4 is 10.0 Å². The second-order valence-corrected chi connectivity index (χ2v) is 7.04. The van der Waals surface area contributed by atoms with E-state index in [9.17, 15) is 8.42 Å². The van der Waals surface area contributed by atoms with Gasteiger partial charge in [-0.1, -0.05) is 13.8 Å². The third-order valence-corrected chi connectivity index (χ3v) is 5.13. The standard InChI is InChI=1S/C14H28N4O2S/c1-5-12(3)18(4)8-7-17-21(19,20)14-9-13(16-11-14)10-15-6-2/h9,11-12,15-17H,5-8,10H2,1-4H3. The van der Waals surface area contributed by atoms with Crippen LogP contribution in [-0.2, 0) is 16.6 Å². The second-order valence-electron chi connectivity index (χ2n) is 5.28. The Bertz CT molecular complexity index is 513. The van der Waals surface area contributed by atoms with Gasteiger partial charge in [0, 0.05) is 37.6 Å². The molecule has 0 amide bonds. The third-order valence-electron chi connectivity index (χ3n) is 3.69. The summed E-state index contributed by atoms with van der Waals surface area (Å²) < 4.78 is 27.0. The number of nitrogens with one attached hydrogen (secondary N) is 3. The number of likely N-dealkylation sites (N-methyl/N-ethyl adjacent to an activating group) is 1. The van der Waals surface area contributed by atoms with E-state index < -0.39 is 10.0 Å². The van der Waals surface area contributed by atoms with Crippen LogP contribution in [0.25, 0.3) is 0 Å². The van der Waals surface area contributed by atoms with E-state index in [1.807, 2.05) is 14.0 Å². The lowest BCUT2D eigenvalue weighted by molar-refractivity contribution is 0.256. The molecule has 0 radical (unpaired) electrons. The molecule has 0 aromatic carbocycles. The van der Waals surface area contributed by atoms with Crippen LogP contribution >= 0.6 is 0 Å². The van der Waals surface area contributed by atoms with Crippen LogP contribution in [0.15, 0.2) is 17.2 Å². The normalized spacial score (nSPS) is 13.8. The van der Waals surface area contributed by atoms with E-state index in [0.29, 0.717) is 30.6 Å². The molecule has 21 heavy (non-hydrogen) atoms. The largest absolute Gasteiger partial charge is 0.363 e. The molecule has 0 aliphatic carbocycles. The smallest absolute Gasteiger partial charge is 0.242 e. The maximum atomic E-state index is 12.2. The average molecular weight is 316 g/mol. The molecule has 7 heteroatoms. The molecule has 1 rings (SSSR count). The molecule has 0 saturated carbocycles. The molecule has 1 aromatic rings. The van der Waals surface area contributed by atoms with Crippen molar-refractivity contribution in [1.29, 1.82) is 0 Å². The van der Waals surface area contributed by atoms with Crippen LogP contribution in [0.1, 0.15) is 32.9 Å². The summed E-state index contributed by atoms with van der Waals surface area (Å²) in [6.07, 6.45) is 2.59. The van der Waals surface area contributed by atoms with Crippen molar-refractivity contribution >= 4 is 10.0 Å². The number of H-pyrrole nitrogens is 1. The zero-order valence-electron chi connectivity index (χ0n) is 13.4. The fourth-order valence-electron chi connectivity index (χ4n) is 1.91. The first-order chi connectivity index (χ1) is 9.90. The zero-order chi connectivity index (χ0) is 15.9. The lowest BCUT2D eigenvalue weighted by Gasteiger charge is -2.23. The maximum absolute atomic E-state index is 12.2. The Kier molecular flexibility index (Phi) is 7.37. The molecular formula is C14H28N4O2S. The van der Waals surface area contributed by atoms with Crippen molar-refractivity contribution in [2.45, 2.75) is 44.7 Å². The lowest BCUT2D eigenvalue weighted by atomic mass is 10.2. The van der Waals surface area contributed by atoms with Gasteiger partial charge in [0.1, 0.15) is 0 Å². The molecule has 0 aliphatic heterocycles. The van der Waals surface area contributed by atoms with Crippen molar-refractivity contribution in [2.75, 3.05) is 26.7 Å². The van der Waals surface area contributed by atoms with E-state index in [1.165, 1.54) is 6.20 Å². The summed E-state index contributed by atoms with van der Waals surface area (Å²) >= 11 is 0. The van der Waals surface area contributed by atoms with Gasteiger partial charge in [-0.25, -0.2) is 13.1 Å². The van der Waals surface area contributed by atoms with Crippen LogP contribution in [-0.4, -0.2) is 51.0 Å². The van der Waals surface area contributed by atoms with Gasteiger partial charge in [0.2, 0.25) is 10.0 Å². The summed E-state index contributed by atoms with van der Waals surface area (Å²) in [4.78, 5) is 5.42. The Morgan fingerprint density at radius 1 is 1.38 bits per heavy atom. The molecule has 122 valence electrons. The zero-order valence-corrected chi connectivity index (χ0v) is 14.3. The predicted octanol–water partition coefficient (Wildman–Crippen LogP) is 1.13. The molecule has 0 bridgehead atoms. The molecule has 0 spiro atoms. The van der Waals surface area contributed by atoms with Crippen LogP contribution in [0.3, 0.4) is 0 Å². The number of sulfonamides is 1. The number of hydrogen-bond donors (Lipinski definition) is 3. The van der Waals surface area contributed by atoms with Crippen LogP contribution in [0.5, 0.6) is 0 Å². The second kappa shape index (κ2) is 8.53. The quantitative estimate of drug-likeness (QED) is 0.605. The van der Waals surface area contributed by atoms with Crippen molar-refractivity contribution < 1.29 is 8.42 Å². The van der Waals surface area contributed by atoms with E-state index in [4.69, 9.17) is 0 Å². The molecule has 0 fully saturated rings. The molecule has 0 saturated heterocycles. The highest BCUT2D eigenvalue weighted by Gasteiger charge is 2.16. The van der Waals surface area contributed by atoms with Crippen LogP contribution in [0.2, 0.25) is 0 Å². The predicted molar refractivity (Wildman–Crippen MR) is 85.7 cm³/mol. The monoisotopic (exact) mass is 316 g/mol. The van der Waals surface area contributed by atoms with Gasteiger partial charge in [0.15, 0.2) is 0 Å². The van der Waals surface area contributed by atoms with Gasteiger partial charge >= 0.3 is 0 Å². The minimum Gasteiger partial charge on any atom is -0.363 e. The van der Waals surface area contributed by atoms with Crippen LogP contribution in [0, 0.1) is 0 Å². The molecule has 6 nitrogen and oxygen atoms in total. The fraction of sp³-hybridized carbons (Fsp3) is 0.714. The molecular weight excluding hydrogens is 288 g/mol. The Balaban J connectivity index is 2.51. The Morgan fingerprint density at radius 3 is 2.71 bits per heavy atom. The highest BCUT2D eigenvalue weighted by atomic mass is 32.2. The topological polar surface area (TPSA) is 77.2 Å². The maximum Gasteiger partial charge on any atom is 0.242 e. The highest BCUT2D eigenvalue weighted by Crippen LogP contribution is 2.10. The summed E-state index contributed by atoms with van der Waals surface area (Å²) in [7, 11) is -1.42. The first-order valence-electron chi connectivity index (χ1n) is 7.48. The van der Waals surface area contributed by atoms with Gasteiger partial charge in [-0.3, -0.25) is 0 Å². The first-order valence-corrected chi connectivity index (χ1v) is 8.97. The van der Waals surface area contributed by atoms with Crippen molar-refractivity contribution in [3.63, 3.8) is 0 Å². The SMILES string of the molecule is CCNCc1cc(S(=O)(=O)NCCN(C)C(C)CC)c[nH]1. The molecule has 0 aliphatic rings. The average Bonchev–Trinajstić information content (AvgIpc) is 2.93. The van der Waals surface area contributed by atoms with Crippen LogP contribution in [0.4, 0.5) is 0 Å². The van der Waals surface area contributed by atoms with Crippen molar-refractivity contribution in [1.82, 2.24) is 19.9 Å². The van der Waals surface area contributed by atoms with Crippen molar-refractivity contribution in [3.8, 4) is 0 Å². The summed E-state index contributed by atoms with van der Waals surface area (Å²) in [5, 5.41) is 3.15. The third kappa shape index (κ3) is 5.78. The van der Waals surface area contributed by atoms with Gasteiger partial charge in [-0.05, 0) is 33.0 Å². The number of aromatic amines is 1. The van der Waals surface area contributed by atoms with Gasteiger partial charge < -0.3 is 15.2 Å². The summed E-state index contributed by atoms with van der Waals surface area (Å²) in [6.45, 7) is 8.87. The summed E-state index contributed by atoms with van der Waals surface area (Å²) in [5.41, 5.74) is 0.869. The van der Waals surface area contributed by atoms with E-state index in [0.717, 1.165) is 18.7 Å². The van der Waals surface area contributed by atoms with Gasteiger partial charge in [0.25, 0.3) is 0 Å².